The zero-order valence-electron chi connectivity index (χ0n) is 21.0. The number of aromatic hydroxyl groups is 2. The van der Waals surface area contributed by atoms with Gasteiger partial charge in [0.25, 0.3) is 0 Å². The van der Waals surface area contributed by atoms with E-state index >= 15 is 0 Å². The van der Waals surface area contributed by atoms with E-state index in [4.69, 9.17) is 4.74 Å². The summed E-state index contributed by atoms with van der Waals surface area (Å²) < 4.78 is 5.47. The van der Waals surface area contributed by atoms with Crippen molar-refractivity contribution in [1.82, 2.24) is 5.32 Å². The molecule has 6 heteroatoms. The lowest BCUT2D eigenvalue weighted by atomic mass is 9.75. The van der Waals surface area contributed by atoms with E-state index in [9.17, 15) is 15.0 Å². The summed E-state index contributed by atoms with van der Waals surface area (Å²) in [7, 11) is 0. The normalized spacial score (nSPS) is 16.2. The molecule has 3 N–H and O–H groups in total. The number of hydrogen-bond donors (Lipinski definition) is 3. The van der Waals surface area contributed by atoms with E-state index in [0.29, 0.717) is 6.54 Å². The Kier molecular flexibility index (Phi) is 6.87. The van der Waals surface area contributed by atoms with Crippen molar-refractivity contribution in [1.29, 1.82) is 0 Å². The van der Waals surface area contributed by atoms with Gasteiger partial charge in [0, 0.05) is 18.8 Å². The number of amides is 1. The smallest absolute Gasteiger partial charge is 0.408 e. The summed E-state index contributed by atoms with van der Waals surface area (Å²) in [5.41, 5.74) is 5.15. The Bertz CT molecular complexity index is 1020. The number of nitrogens with zero attached hydrogens (tertiary/aromatic N) is 1. The maximum Gasteiger partial charge on any atom is 0.408 e. The van der Waals surface area contributed by atoms with Gasteiger partial charge in [-0.3, -0.25) is 0 Å². The van der Waals surface area contributed by atoms with Gasteiger partial charge in [0.2, 0.25) is 0 Å². The first-order chi connectivity index (χ1) is 15.3. The number of ether oxygens (including phenoxy) is 1. The van der Waals surface area contributed by atoms with Crippen LogP contribution >= 0.6 is 0 Å². The number of aryl methyl sites for hydroxylation is 1. The minimum absolute atomic E-state index is 0.0349. The fraction of sp³-hybridized carbons (Fsp3) is 0.519. The Hall–Kier alpha value is -2.89. The quantitative estimate of drug-likeness (QED) is 0.488. The Morgan fingerprint density at radius 3 is 2.48 bits per heavy atom. The molecule has 0 saturated carbocycles. The Morgan fingerprint density at radius 2 is 1.88 bits per heavy atom. The molecule has 0 radical (unpaired) electrons. The maximum absolute atomic E-state index is 12.4. The van der Waals surface area contributed by atoms with E-state index in [1.165, 1.54) is 17.2 Å². The third-order valence-electron chi connectivity index (χ3n) is 6.33. The summed E-state index contributed by atoms with van der Waals surface area (Å²) in [5.74, 6) is -0.224. The van der Waals surface area contributed by atoms with Crippen LogP contribution in [0.25, 0.3) is 0 Å². The van der Waals surface area contributed by atoms with E-state index in [0.717, 1.165) is 36.2 Å². The lowest BCUT2D eigenvalue weighted by Gasteiger charge is -2.41. The summed E-state index contributed by atoms with van der Waals surface area (Å²) in [6.45, 7) is 15.7. The third kappa shape index (κ3) is 5.73. The highest BCUT2D eigenvalue weighted by atomic mass is 16.6. The summed E-state index contributed by atoms with van der Waals surface area (Å²) >= 11 is 0. The lowest BCUT2D eigenvalue weighted by molar-refractivity contribution is 0.0507. The first-order valence-electron chi connectivity index (χ1n) is 11.7. The SMILES string of the molecule is CCc1cc2c(cc1C(C)NC(=O)OC(C)(C)C)N(Cc1ccc(O)c(O)c1)CCC2(C)C. The van der Waals surface area contributed by atoms with E-state index in [-0.39, 0.29) is 23.0 Å². The maximum atomic E-state index is 12.4. The molecule has 0 aromatic heterocycles. The molecular formula is C27H38N2O4. The topological polar surface area (TPSA) is 82.0 Å². The first kappa shape index (κ1) is 24.7. The highest BCUT2D eigenvalue weighted by Gasteiger charge is 2.33. The molecule has 0 bridgehead atoms. The molecule has 1 atom stereocenters. The molecule has 0 saturated heterocycles. The summed E-state index contributed by atoms with van der Waals surface area (Å²) in [5, 5.41) is 22.6. The second-order valence-corrected chi connectivity index (χ2v) is 10.7. The van der Waals surface area contributed by atoms with Gasteiger partial charge in [0.1, 0.15) is 5.60 Å². The molecule has 0 fully saturated rings. The zero-order valence-corrected chi connectivity index (χ0v) is 21.0. The predicted octanol–water partition coefficient (Wildman–Crippen LogP) is 5.93. The van der Waals surface area contributed by atoms with Gasteiger partial charge in [-0.05, 0) is 86.4 Å². The molecule has 1 amide bonds. The molecule has 2 aromatic rings. The average molecular weight is 455 g/mol. The number of carbonyl (C=O) groups excluding carboxylic acids is 1. The minimum atomic E-state index is -0.552. The highest BCUT2D eigenvalue weighted by molar-refractivity contribution is 5.69. The fourth-order valence-electron chi connectivity index (χ4n) is 4.45. The van der Waals surface area contributed by atoms with Crippen LogP contribution in [-0.4, -0.2) is 28.5 Å². The third-order valence-corrected chi connectivity index (χ3v) is 6.33. The molecule has 1 heterocycles. The Balaban J connectivity index is 1.97. The molecular weight excluding hydrogens is 416 g/mol. The second-order valence-electron chi connectivity index (χ2n) is 10.7. The molecule has 1 aliphatic rings. The predicted molar refractivity (Wildman–Crippen MR) is 132 cm³/mol. The number of fused-ring (bicyclic) bond motifs is 1. The largest absolute Gasteiger partial charge is 0.504 e. The van der Waals surface area contributed by atoms with E-state index in [1.807, 2.05) is 33.8 Å². The van der Waals surface area contributed by atoms with Gasteiger partial charge in [0.15, 0.2) is 11.5 Å². The molecule has 3 rings (SSSR count). The van der Waals surface area contributed by atoms with Crippen molar-refractivity contribution in [2.24, 2.45) is 0 Å². The van der Waals surface area contributed by atoms with Crippen LogP contribution in [-0.2, 0) is 23.1 Å². The number of anilines is 1. The van der Waals surface area contributed by atoms with Crippen LogP contribution in [0.4, 0.5) is 10.5 Å². The van der Waals surface area contributed by atoms with E-state index < -0.39 is 11.7 Å². The van der Waals surface area contributed by atoms with Gasteiger partial charge in [-0.25, -0.2) is 4.79 Å². The number of carbonyl (C=O) groups is 1. The molecule has 1 aliphatic heterocycles. The number of phenols is 2. The highest BCUT2D eigenvalue weighted by Crippen LogP contribution is 2.43. The van der Waals surface area contributed by atoms with Crippen molar-refractivity contribution in [3.05, 3.63) is 52.6 Å². The average Bonchev–Trinajstić information content (AvgIpc) is 2.70. The minimum Gasteiger partial charge on any atom is -0.504 e. The first-order valence-corrected chi connectivity index (χ1v) is 11.7. The van der Waals surface area contributed by atoms with Crippen LogP contribution in [0.3, 0.4) is 0 Å². The zero-order chi connectivity index (χ0) is 24.6. The molecule has 33 heavy (non-hydrogen) atoms. The van der Waals surface area contributed by atoms with Gasteiger partial charge in [-0.1, -0.05) is 32.9 Å². The van der Waals surface area contributed by atoms with Crippen molar-refractivity contribution in [2.75, 3.05) is 11.4 Å². The van der Waals surface area contributed by atoms with Crippen molar-refractivity contribution in [3.8, 4) is 11.5 Å². The van der Waals surface area contributed by atoms with Gasteiger partial charge in [-0.15, -0.1) is 0 Å². The molecule has 2 aromatic carbocycles. The summed E-state index contributed by atoms with van der Waals surface area (Å²) in [4.78, 5) is 14.7. The van der Waals surface area contributed by atoms with Crippen molar-refractivity contribution in [2.45, 2.75) is 84.9 Å². The standard InChI is InChI=1S/C27H38N2O4/c1-8-19-14-21-22(15-20(19)17(2)28-25(32)33-26(3,4)5)29(12-11-27(21,6)7)16-18-9-10-23(30)24(31)13-18/h9-10,13-15,17,30-31H,8,11-12,16H2,1-7H3,(H,28,32). The number of rotatable bonds is 5. The number of nitrogens with one attached hydrogen (secondary N) is 1. The molecule has 1 unspecified atom stereocenters. The Labute approximate surface area is 197 Å². The Morgan fingerprint density at radius 1 is 1.18 bits per heavy atom. The van der Waals surface area contributed by atoms with Crippen molar-refractivity contribution >= 4 is 11.8 Å². The van der Waals surface area contributed by atoms with Crippen LogP contribution in [0.2, 0.25) is 0 Å². The monoisotopic (exact) mass is 454 g/mol. The molecule has 0 aliphatic carbocycles. The van der Waals surface area contributed by atoms with Crippen LogP contribution < -0.4 is 10.2 Å². The number of hydrogen-bond acceptors (Lipinski definition) is 5. The fourth-order valence-corrected chi connectivity index (χ4v) is 4.45. The van der Waals surface area contributed by atoms with Crippen molar-refractivity contribution < 1.29 is 19.7 Å². The summed E-state index contributed by atoms with van der Waals surface area (Å²) in [6, 6.07) is 9.27. The van der Waals surface area contributed by atoms with Crippen LogP contribution in [0, 0.1) is 0 Å². The van der Waals surface area contributed by atoms with Gasteiger partial charge < -0.3 is 25.2 Å². The van der Waals surface area contributed by atoms with E-state index in [2.05, 4.69) is 43.1 Å². The lowest BCUT2D eigenvalue weighted by Crippen LogP contribution is -2.38. The molecule has 0 spiro atoms. The molecule has 180 valence electrons. The van der Waals surface area contributed by atoms with Crippen molar-refractivity contribution in [3.63, 3.8) is 0 Å². The second kappa shape index (κ2) is 9.16. The number of phenolic OH excluding ortho intramolecular Hbond substituents is 2. The van der Waals surface area contributed by atoms with Crippen LogP contribution in [0.15, 0.2) is 30.3 Å². The number of benzene rings is 2. The van der Waals surface area contributed by atoms with Gasteiger partial charge in [-0.2, -0.15) is 0 Å². The number of alkyl carbamates (subject to hydrolysis) is 1. The van der Waals surface area contributed by atoms with Gasteiger partial charge >= 0.3 is 6.09 Å². The van der Waals surface area contributed by atoms with Gasteiger partial charge in [0.05, 0.1) is 6.04 Å². The van der Waals surface area contributed by atoms with E-state index in [1.54, 1.807) is 6.07 Å². The van der Waals surface area contributed by atoms with Crippen LogP contribution in [0.5, 0.6) is 11.5 Å². The summed E-state index contributed by atoms with van der Waals surface area (Å²) in [6.07, 6.45) is 1.45. The van der Waals surface area contributed by atoms with Crippen LogP contribution in [0.1, 0.15) is 83.2 Å². The molecule has 6 nitrogen and oxygen atoms in total.